The maximum atomic E-state index is 10.8. The second kappa shape index (κ2) is 8.48. The Kier molecular flexibility index (Phi) is 7.73. The van der Waals surface area contributed by atoms with E-state index in [9.17, 15) is 4.79 Å². The van der Waals surface area contributed by atoms with E-state index in [-0.39, 0.29) is 0 Å². The minimum atomic E-state index is -4.64. The zero-order valence-electron chi connectivity index (χ0n) is 9.52. The number of amides is 1. The second-order valence-corrected chi connectivity index (χ2v) is 3.78. The van der Waals surface area contributed by atoms with Gasteiger partial charge in [-0.05, 0) is 19.1 Å². The molecule has 4 N–H and O–H groups in total. The molecule has 9 heteroatoms. The van der Waals surface area contributed by atoms with E-state index in [1.165, 1.54) is 0 Å². The number of hydrogen-bond donors (Lipinski definition) is 4. The lowest BCUT2D eigenvalue weighted by Gasteiger charge is -2.05. The van der Waals surface area contributed by atoms with Crippen molar-refractivity contribution in [1.29, 1.82) is 0 Å². The summed E-state index contributed by atoms with van der Waals surface area (Å²) in [5.74, 6) is 0.565. The van der Waals surface area contributed by atoms with Crippen molar-refractivity contribution in [1.82, 2.24) is 5.48 Å². The van der Waals surface area contributed by atoms with Crippen molar-refractivity contribution >= 4 is 13.9 Å². The van der Waals surface area contributed by atoms with Crippen LogP contribution in [0.15, 0.2) is 30.3 Å². The molecule has 0 fully saturated rings. The third-order valence-electron chi connectivity index (χ3n) is 1.27. The van der Waals surface area contributed by atoms with Crippen LogP contribution in [0.1, 0.15) is 6.92 Å². The predicted octanol–water partition coefficient (Wildman–Crippen LogP) is 0.798. The smallest absolute Gasteiger partial charge is 0.448 e. The van der Waals surface area contributed by atoms with Crippen LogP contribution in [0.2, 0.25) is 0 Å². The molecular weight excluding hydrogens is 265 g/mol. The average molecular weight is 279 g/mol. The van der Waals surface area contributed by atoms with Crippen molar-refractivity contribution < 1.29 is 33.6 Å². The Bertz CT molecular complexity index is 383. The van der Waals surface area contributed by atoms with Crippen LogP contribution in [0.3, 0.4) is 0 Å². The fourth-order valence-corrected chi connectivity index (χ4v) is 0.750. The summed E-state index contributed by atoms with van der Waals surface area (Å²) in [5.41, 5.74) is 2.14. The quantitative estimate of drug-likeness (QED) is 0.476. The summed E-state index contributed by atoms with van der Waals surface area (Å²) in [4.78, 5) is 37.2. The zero-order valence-corrected chi connectivity index (χ0v) is 10.4. The Hall–Kier alpha value is -1.60. The summed E-state index contributed by atoms with van der Waals surface area (Å²) < 4.78 is 13.5. The SMILES string of the molecule is CCOC(=O)NOc1ccccc1.O=P(O)(O)O. The number of rotatable bonds is 3. The van der Waals surface area contributed by atoms with Gasteiger partial charge >= 0.3 is 13.9 Å². The highest BCUT2D eigenvalue weighted by Gasteiger charge is 2.00. The molecule has 0 saturated carbocycles. The van der Waals surface area contributed by atoms with Gasteiger partial charge in [-0.25, -0.2) is 9.36 Å². The maximum absolute atomic E-state index is 10.8. The lowest BCUT2D eigenvalue weighted by Crippen LogP contribution is -2.27. The Morgan fingerprint density at radius 2 is 1.78 bits per heavy atom. The van der Waals surface area contributed by atoms with Crippen LogP contribution in [-0.2, 0) is 9.30 Å². The molecule has 0 bridgehead atoms. The largest absolute Gasteiger partial charge is 0.466 e. The van der Waals surface area contributed by atoms with Gasteiger partial charge in [-0.3, -0.25) is 0 Å². The molecule has 0 saturated heterocycles. The van der Waals surface area contributed by atoms with Crippen LogP contribution in [0.5, 0.6) is 5.75 Å². The van der Waals surface area contributed by atoms with Gasteiger partial charge in [-0.1, -0.05) is 18.2 Å². The number of benzene rings is 1. The Balaban J connectivity index is 0.000000494. The van der Waals surface area contributed by atoms with Gasteiger partial charge < -0.3 is 24.3 Å². The Morgan fingerprint density at radius 3 is 2.22 bits per heavy atom. The molecule has 0 aliphatic rings. The first kappa shape index (κ1) is 16.4. The molecule has 0 aliphatic heterocycles. The number of carbonyl (C=O) groups is 1. The summed E-state index contributed by atoms with van der Waals surface area (Å²) >= 11 is 0. The fourth-order valence-electron chi connectivity index (χ4n) is 0.750. The predicted molar refractivity (Wildman–Crippen MR) is 61.5 cm³/mol. The van der Waals surface area contributed by atoms with Gasteiger partial charge in [0.15, 0.2) is 5.75 Å². The fraction of sp³-hybridized carbons (Fsp3) is 0.222. The van der Waals surface area contributed by atoms with Crippen LogP contribution in [-0.4, -0.2) is 27.4 Å². The number of phosphoric acid groups is 1. The van der Waals surface area contributed by atoms with E-state index in [0.29, 0.717) is 12.4 Å². The summed E-state index contributed by atoms with van der Waals surface area (Å²) in [6.45, 7) is 2.05. The van der Waals surface area contributed by atoms with Crippen molar-refractivity contribution in [3.63, 3.8) is 0 Å². The molecule has 1 aromatic carbocycles. The van der Waals surface area contributed by atoms with E-state index in [1.54, 1.807) is 19.1 Å². The van der Waals surface area contributed by atoms with Crippen molar-refractivity contribution in [3.8, 4) is 5.75 Å². The number of ether oxygens (including phenoxy) is 1. The summed E-state index contributed by atoms with van der Waals surface area (Å²) in [5, 5.41) is 0. The van der Waals surface area contributed by atoms with Crippen LogP contribution in [0.4, 0.5) is 4.79 Å². The van der Waals surface area contributed by atoms with Gasteiger partial charge in [0, 0.05) is 0 Å². The van der Waals surface area contributed by atoms with Gasteiger partial charge in [0.05, 0.1) is 6.61 Å². The van der Waals surface area contributed by atoms with Crippen LogP contribution in [0, 0.1) is 0 Å². The minimum Gasteiger partial charge on any atom is -0.448 e. The first-order valence-electron chi connectivity index (χ1n) is 4.76. The standard InChI is InChI=1S/C9H11NO3.H3O4P/c1-2-12-9(11)10-13-8-6-4-3-5-7-8;1-5(2,3)4/h3-7H,2H2,1H3,(H,10,11);(H3,1,2,3,4). The lowest BCUT2D eigenvalue weighted by molar-refractivity contribution is 0.104. The molecule has 102 valence electrons. The van der Waals surface area contributed by atoms with Gasteiger partial charge in [-0.2, -0.15) is 5.48 Å². The molecule has 1 amide bonds. The third kappa shape index (κ3) is 12.5. The van der Waals surface area contributed by atoms with Crippen LogP contribution >= 0.6 is 7.82 Å². The van der Waals surface area contributed by atoms with Crippen LogP contribution in [0.25, 0.3) is 0 Å². The highest BCUT2D eigenvalue weighted by molar-refractivity contribution is 7.45. The molecule has 8 nitrogen and oxygen atoms in total. The van der Waals surface area contributed by atoms with Crippen molar-refractivity contribution in [2.75, 3.05) is 6.61 Å². The van der Waals surface area contributed by atoms with Crippen molar-refractivity contribution in [2.24, 2.45) is 0 Å². The maximum Gasteiger partial charge on any atom is 0.466 e. The number of carbonyl (C=O) groups excluding carboxylic acids is 1. The number of nitrogens with one attached hydrogen (secondary N) is 1. The molecule has 0 spiro atoms. The summed E-state index contributed by atoms with van der Waals surface area (Å²) in [6, 6.07) is 8.93. The van der Waals surface area contributed by atoms with E-state index >= 15 is 0 Å². The van der Waals surface area contributed by atoms with Crippen molar-refractivity contribution in [2.45, 2.75) is 6.92 Å². The van der Waals surface area contributed by atoms with Crippen LogP contribution < -0.4 is 10.3 Å². The monoisotopic (exact) mass is 279 g/mol. The van der Waals surface area contributed by atoms with E-state index < -0.39 is 13.9 Å². The third-order valence-corrected chi connectivity index (χ3v) is 1.27. The highest BCUT2D eigenvalue weighted by Crippen LogP contribution is 2.25. The van der Waals surface area contributed by atoms with Gasteiger partial charge in [-0.15, -0.1) is 0 Å². The number of para-hydroxylation sites is 1. The molecule has 0 aromatic heterocycles. The molecule has 0 heterocycles. The molecular formula is C9H14NO7P. The van der Waals surface area contributed by atoms with E-state index in [2.05, 4.69) is 10.2 Å². The lowest BCUT2D eigenvalue weighted by atomic mass is 10.3. The first-order chi connectivity index (χ1) is 8.33. The number of hydrogen-bond acceptors (Lipinski definition) is 4. The zero-order chi connectivity index (χ0) is 14.0. The van der Waals surface area contributed by atoms with Gasteiger partial charge in [0.1, 0.15) is 0 Å². The molecule has 1 aromatic rings. The highest BCUT2D eigenvalue weighted by atomic mass is 31.2. The van der Waals surface area contributed by atoms with E-state index in [4.69, 9.17) is 24.1 Å². The molecule has 0 unspecified atom stereocenters. The topological polar surface area (TPSA) is 125 Å². The molecule has 0 aliphatic carbocycles. The molecule has 0 radical (unpaired) electrons. The van der Waals surface area contributed by atoms with E-state index in [0.717, 1.165) is 0 Å². The second-order valence-electron chi connectivity index (χ2n) is 2.75. The van der Waals surface area contributed by atoms with Gasteiger partial charge in [0.2, 0.25) is 0 Å². The Labute approximate surface area is 103 Å². The summed E-state index contributed by atoms with van der Waals surface area (Å²) in [7, 11) is -4.64. The Morgan fingerprint density at radius 1 is 1.28 bits per heavy atom. The summed E-state index contributed by atoms with van der Waals surface area (Å²) in [6.07, 6.45) is -0.591. The van der Waals surface area contributed by atoms with Crippen molar-refractivity contribution in [3.05, 3.63) is 30.3 Å². The average Bonchev–Trinajstić information content (AvgIpc) is 2.26. The van der Waals surface area contributed by atoms with Gasteiger partial charge in [0.25, 0.3) is 0 Å². The molecule has 18 heavy (non-hydrogen) atoms. The normalized spacial score (nSPS) is 9.78. The molecule has 1 rings (SSSR count). The minimum absolute atomic E-state index is 0.323. The van der Waals surface area contributed by atoms with E-state index in [1.807, 2.05) is 18.2 Å². The molecule has 0 atom stereocenters. The number of hydroxylamine groups is 1. The first-order valence-corrected chi connectivity index (χ1v) is 6.32.